The van der Waals surface area contributed by atoms with Crippen LogP contribution >= 0.6 is 11.3 Å². The zero-order valence-electron chi connectivity index (χ0n) is 11.4. The largest absolute Gasteiger partial charge is 0.364 e. The van der Waals surface area contributed by atoms with Crippen LogP contribution in [-0.4, -0.2) is 21.8 Å². The van der Waals surface area contributed by atoms with Crippen LogP contribution in [0.3, 0.4) is 0 Å². The quantitative estimate of drug-likeness (QED) is 0.690. The maximum atomic E-state index is 12.0. The van der Waals surface area contributed by atoms with Gasteiger partial charge in [-0.05, 0) is 18.2 Å². The van der Waals surface area contributed by atoms with Gasteiger partial charge in [0.15, 0.2) is 5.13 Å². The van der Waals surface area contributed by atoms with Crippen LogP contribution in [0.2, 0.25) is 0 Å². The van der Waals surface area contributed by atoms with Crippen LogP contribution in [0.5, 0.6) is 0 Å². The highest BCUT2D eigenvalue weighted by Gasteiger charge is 2.11. The zero-order chi connectivity index (χ0) is 15.5. The first-order valence-electron chi connectivity index (χ1n) is 6.44. The summed E-state index contributed by atoms with van der Waals surface area (Å²) in [5.41, 5.74) is 7.48. The predicted octanol–water partition coefficient (Wildman–Crippen LogP) is 2.49. The molecule has 0 spiro atoms. The normalized spacial score (nSPS) is 10.4. The molecule has 3 aromatic rings. The van der Waals surface area contributed by atoms with Crippen molar-refractivity contribution >= 4 is 28.3 Å². The molecule has 0 bridgehead atoms. The van der Waals surface area contributed by atoms with Crippen LogP contribution in [0.25, 0.3) is 11.3 Å². The number of rotatable bonds is 4. The summed E-state index contributed by atoms with van der Waals surface area (Å²) in [5, 5.41) is 5.04. The summed E-state index contributed by atoms with van der Waals surface area (Å²) in [6.07, 6.45) is 1.65. The Morgan fingerprint density at radius 2 is 2.00 bits per heavy atom. The van der Waals surface area contributed by atoms with Crippen LogP contribution < -0.4 is 11.1 Å². The van der Waals surface area contributed by atoms with E-state index in [0.717, 1.165) is 5.56 Å². The van der Waals surface area contributed by atoms with E-state index in [1.54, 1.807) is 41.9 Å². The molecule has 0 saturated carbocycles. The molecular weight excluding hydrogens is 300 g/mol. The van der Waals surface area contributed by atoms with E-state index in [1.165, 1.54) is 11.3 Å². The number of nitrogens with two attached hydrogens (primary N) is 1. The molecule has 0 saturated heterocycles. The van der Waals surface area contributed by atoms with Crippen molar-refractivity contribution in [3.8, 4) is 11.3 Å². The molecule has 7 heteroatoms. The summed E-state index contributed by atoms with van der Waals surface area (Å²) in [6, 6.07) is 10.5. The zero-order valence-corrected chi connectivity index (χ0v) is 12.2. The summed E-state index contributed by atoms with van der Waals surface area (Å²) in [5.74, 6) is -0.743. The highest BCUT2D eigenvalue weighted by Crippen LogP contribution is 2.25. The average molecular weight is 312 g/mol. The molecule has 0 atom stereocenters. The first-order valence-corrected chi connectivity index (χ1v) is 7.32. The molecule has 3 rings (SSSR count). The molecule has 2 aromatic heterocycles. The van der Waals surface area contributed by atoms with Gasteiger partial charge in [-0.15, -0.1) is 11.3 Å². The fraction of sp³-hybridized carbons (Fsp3) is 0. The molecule has 0 aliphatic carbocycles. The maximum Gasteiger partial charge on any atom is 0.265 e. The number of primary amides is 1. The molecule has 4 N–H and O–H groups in total. The van der Waals surface area contributed by atoms with Crippen molar-refractivity contribution in [3.63, 3.8) is 0 Å². The Morgan fingerprint density at radius 3 is 2.68 bits per heavy atom. The Morgan fingerprint density at radius 1 is 1.23 bits per heavy atom. The number of anilines is 1. The Hall–Kier alpha value is -2.93. The molecule has 0 aliphatic rings. The summed E-state index contributed by atoms with van der Waals surface area (Å²) in [4.78, 5) is 30.2. The van der Waals surface area contributed by atoms with Gasteiger partial charge in [-0.3, -0.25) is 14.9 Å². The summed E-state index contributed by atoms with van der Waals surface area (Å²) >= 11 is 1.31. The van der Waals surface area contributed by atoms with Crippen LogP contribution in [-0.2, 0) is 0 Å². The number of amides is 2. The van der Waals surface area contributed by atoms with Crippen LogP contribution in [0.15, 0.2) is 48.0 Å². The van der Waals surface area contributed by atoms with Crippen LogP contribution in [0, 0.1) is 0 Å². The van der Waals surface area contributed by atoms with Crippen molar-refractivity contribution in [1.29, 1.82) is 0 Å². The second-order valence-corrected chi connectivity index (χ2v) is 5.38. The van der Waals surface area contributed by atoms with Crippen molar-refractivity contribution < 1.29 is 9.59 Å². The standard InChI is InChI=1S/C15H12N4O2S/c16-13(20)11-6-10(7-17-11)12-8-22-15(18-12)19-14(21)9-4-2-1-3-5-9/h1-8,17H,(H2,16,20)(H,18,19,21). The molecule has 2 amide bonds. The minimum absolute atomic E-state index is 0.214. The molecule has 2 heterocycles. The summed E-state index contributed by atoms with van der Waals surface area (Å²) < 4.78 is 0. The van der Waals surface area contributed by atoms with Crippen LogP contribution in [0.4, 0.5) is 5.13 Å². The Bertz CT molecular complexity index is 823. The second-order valence-electron chi connectivity index (χ2n) is 4.52. The van der Waals surface area contributed by atoms with E-state index in [9.17, 15) is 9.59 Å². The lowest BCUT2D eigenvalue weighted by Crippen LogP contribution is -2.11. The van der Waals surface area contributed by atoms with Gasteiger partial charge >= 0.3 is 0 Å². The predicted molar refractivity (Wildman–Crippen MR) is 84.8 cm³/mol. The number of benzene rings is 1. The molecule has 1 aromatic carbocycles. The van der Waals surface area contributed by atoms with E-state index in [4.69, 9.17) is 5.73 Å². The van der Waals surface area contributed by atoms with Crippen molar-refractivity contribution in [2.75, 3.05) is 5.32 Å². The molecule has 0 radical (unpaired) electrons. The molecule has 0 aliphatic heterocycles. The third-order valence-electron chi connectivity index (χ3n) is 3.00. The van der Waals surface area contributed by atoms with Gasteiger partial charge in [0, 0.05) is 22.7 Å². The number of H-pyrrole nitrogens is 1. The number of nitrogens with one attached hydrogen (secondary N) is 2. The molecule has 6 nitrogen and oxygen atoms in total. The van der Waals surface area contributed by atoms with Gasteiger partial charge in [0.05, 0.1) is 5.69 Å². The average Bonchev–Trinajstić information content (AvgIpc) is 3.16. The SMILES string of the molecule is NC(=O)c1cc(-c2csc(NC(=O)c3ccccc3)n2)c[nH]1. The lowest BCUT2D eigenvalue weighted by atomic mass is 10.2. The van der Waals surface area contributed by atoms with Crippen LogP contribution in [0.1, 0.15) is 20.8 Å². The molecule has 110 valence electrons. The number of hydrogen-bond acceptors (Lipinski definition) is 4. The Balaban J connectivity index is 1.76. The van der Waals surface area contributed by atoms with Crippen molar-refractivity contribution in [3.05, 3.63) is 59.2 Å². The van der Waals surface area contributed by atoms with E-state index >= 15 is 0 Å². The number of carbonyl (C=O) groups excluding carboxylic acids is 2. The minimum atomic E-state index is -0.529. The molecule has 0 fully saturated rings. The van der Waals surface area contributed by atoms with E-state index < -0.39 is 5.91 Å². The Kier molecular flexibility index (Phi) is 3.71. The lowest BCUT2D eigenvalue weighted by molar-refractivity contribution is 0.0994. The summed E-state index contributed by atoms with van der Waals surface area (Å²) in [7, 11) is 0. The van der Waals surface area contributed by atoms with E-state index in [-0.39, 0.29) is 5.91 Å². The number of nitrogens with zero attached hydrogens (tertiary/aromatic N) is 1. The van der Waals surface area contributed by atoms with Gasteiger partial charge in [-0.25, -0.2) is 4.98 Å². The van der Waals surface area contributed by atoms with Gasteiger partial charge < -0.3 is 10.7 Å². The number of thiazole rings is 1. The van der Waals surface area contributed by atoms with Crippen molar-refractivity contribution in [2.24, 2.45) is 5.73 Å². The van der Waals surface area contributed by atoms with E-state index in [1.807, 2.05) is 6.07 Å². The Labute approximate surface area is 130 Å². The van der Waals surface area contributed by atoms with Crippen molar-refractivity contribution in [2.45, 2.75) is 0 Å². The third-order valence-corrected chi connectivity index (χ3v) is 3.76. The second kappa shape index (κ2) is 5.82. The van der Waals surface area contributed by atoms with Gasteiger partial charge in [0.1, 0.15) is 5.69 Å². The topological polar surface area (TPSA) is 101 Å². The smallest absolute Gasteiger partial charge is 0.265 e. The fourth-order valence-electron chi connectivity index (χ4n) is 1.91. The number of aromatic nitrogens is 2. The van der Waals surface area contributed by atoms with Gasteiger partial charge in [0.2, 0.25) is 0 Å². The monoisotopic (exact) mass is 312 g/mol. The number of aromatic amines is 1. The highest BCUT2D eigenvalue weighted by atomic mass is 32.1. The first kappa shape index (κ1) is 14.0. The van der Waals surface area contributed by atoms with E-state index in [2.05, 4.69) is 15.3 Å². The van der Waals surface area contributed by atoms with Gasteiger partial charge in [0.25, 0.3) is 11.8 Å². The number of hydrogen-bond donors (Lipinski definition) is 3. The molecular formula is C15H12N4O2S. The van der Waals surface area contributed by atoms with Crippen molar-refractivity contribution in [1.82, 2.24) is 9.97 Å². The summed E-state index contributed by atoms with van der Waals surface area (Å²) in [6.45, 7) is 0. The van der Waals surface area contributed by atoms with Gasteiger partial charge in [-0.1, -0.05) is 18.2 Å². The van der Waals surface area contributed by atoms with Gasteiger partial charge in [-0.2, -0.15) is 0 Å². The lowest BCUT2D eigenvalue weighted by Gasteiger charge is -2.00. The fourth-order valence-corrected chi connectivity index (χ4v) is 2.62. The minimum Gasteiger partial charge on any atom is -0.364 e. The van der Waals surface area contributed by atoms with E-state index in [0.29, 0.717) is 22.1 Å². The highest BCUT2D eigenvalue weighted by molar-refractivity contribution is 7.14. The molecule has 22 heavy (non-hydrogen) atoms. The molecule has 0 unspecified atom stereocenters. The third kappa shape index (κ3) is 2.89. The first-order chi connectivity index (χ1) is 10.6. The number of carbonyl (C=O) groups is 2. The maximum absolute atomic E-state index is 12.0.